The minimum atomic E-state index is 0.0567. The number of rotatable bonds is 4. The van der Waals surface area contributed by atoms with Crippen LogP contribution in [0.2, 0.25) is 0 Å². The lowest BCUT2D eigenvalue weighted by Crippen LogP contribution is -2.38. The highest BCUT2D eigenvalue weighted by Crippen LogP contribution is 2.16. The summed E-state index contributed by atoms with van der Waals surface area (Å²) >= 11 is 0. The third kappa shape index (κ3) is 3.53. The molecule has 0 N–H and O–H groups in total. The summed E-state index contributed by atoms with van der Waals surface area (Å²) in [4.78, 5) is 18.0. The molecule has 1 aromatic rings. The van der Waals surface area contributed by atoms with Crippen LogP contribution in [0, 0.1) is 5.92 Å². The number of likely N-dealkylation sites (N-methyl/N-ethyl adjacent to an activating group) is 1. The molecule has 1 atom stereocenters. The number of hydrogen-bond acceptors (Lipinski definition) is 3. The van der Waals surface area contributed by atoms with E-state index in [2.05, 4.69) is 4.98 Å². The van der Waals surface area contributed by atoms with E-state index in [4.69, 9.17) is 4.74 Å². The quantitative estimate of drug-likeness (QED) is 0.811. The molecule has 0 spiro atoms. The predicted molar refractivity (Wildman–Crippen MR) is 69.1 cm³/mol. The fourth-order valence-corrected chi connectivity index (χ4v) is 2.20. The Morgan fingerprint density at radius 1 is 1.50 bits per heavy atom. The van der Waals surface area contributed by atoms with Crippen molar-refractivity contribution in [3.05, 3.63) is 30.1 Å². The SMILES string of the molecule is CN(CCc1ccncc1)C(=O)C1CCCOC1. The van der Waals surface area contributed by atoms with E-state index in [1.807, 2.05) is 24.1 Å². The second-order valence-corrected chi connectivity index (χ2v) is 4.78. The highest BCUT2D eigenvalue weighted by Gasteiger charge is 2.24. The Hall–Kier alpha value is -1.42. The minimum absolute atomic E-state index is 0.0567. The molecule has 0 aliphatic carbocycles. The second kappa shape index (κ2) is 6.50. The Morgan fingerprint density at radius 2 is 2.28 bits per heavy atom. The lowest BCUT2D eigenvalue weighted by Gasteiger charge is -2.26. The lowest BCUT2D eigenvalue weighted by molar-refractivity contribution is -0.138. The number of hydrogen-bond donors (Lipinski definition) is 0. The Morgan fingerprint density at radius 3 is 2.94 bits per heavy atom. The lowest BCUT2D eigenvalue weighted by atomic mass is 10.0. The first kappa shape index (κ1) is 13.0. The Bertz CT molecular complexity index is 375. The second-order valence-electron chi connectivity index (χ2n) is 4.78. The van der Waals surface area contributed by atoms with Crippen LogP contribution >= 0.6 is 0 Å². The van der Waals surface area contributed by atoms with Gasteiger partial charge in [0.1, 0.15) is 0 Å². The predicted octanol–water partition coefficient (Wildman–Crippen LogP) is 1.51. The zero-order chi connectivity index (χ0) is 12.8. The molecule has 0 bridgehead atoms. The van der Waals surface area contributed by atoms with Crippen LogP contribution in [-0.2, 0) is 16.0 Å². The van der Waals surface area contributed by atoms with Crippen LogP contribution < -0.4 is 0 Å². The molecule has 98 valence electrons. The van der Waals surface area contributed by atoms with Crippen LogP contribution in [-0.4, -0.2) is 42.6 Å². The maximum atomic E-state index is 12.2. The number of carbonyl (C=O) groups is 1. The van der Waals surface area contributed by atoms with Gasteiger partial charge in [-0.25, -0.2) is 0 Å². The van der Waals surface area contributed by atoms with Gasteiger partial charge < -0.3 is 9.64 Å². The zero-order valence-electron chi connectivity index (χ0n) is 10.8. The van der Waals surface area contributed by atoms with Gasteiger partial charge >= 0.3 is 0 Å². The van der Waals surface area contributed by atoms with Gasteiger partial charge in [-0.3, -0.25) is 9.78 Å². The third-order valence-corrected chi connectivity index (χ3v) is 3.37. The summed E-state index contributed by atoms with van der Waals surface area (Å²) < 4.78 is 5.36. The molecule has 2 heterocycles. The standard InChI is InChI=1S/C14H20N2O2/c1-16(9-6-12-4-7-15-8-5-12)14(17)13-3-2-10-18-11-13/h4-5,7-8,13H,2-3,6,9-11H2,1H3. The van der Waals surface area contributed by atoms with Gasteiger partial charge in [-0.15, -0.1) is 0 Å². The van der Waals surface area contributed by atoms with Crippen LogP contribution in [0.1, 0.15) is 18.4 Å². The van der Waals surface area contributed by atoms with Gasteiger partial charge in [-0.05, 0) is 37.0 Å². The fourth-order valence-electron chi connectivity index (χ4n) is 2.20. The smallest absolute Gasteiger partial charge is 0.227 e. The number of ether oxygens (including phenoxy) is 1. The molecule has 0 radical (unpaired) electrons. The van der Waals surface area contributed by atoms with Gasteiger partial charge in [0.25, 0.3) is 0 Å². The van der Waals surface area contributed by atoms with Gasteiger partial charge in [-0.1, -0.05) is 0 Å². The van der Waals surface area contributed by atoms with Gasteiger partial charge in [0, 0.05) is 32.6 Å². The van der Waals surface area contributed by atoms with Gasteiger partial charge in [-0.2, -0.15) is 0 Å². The topological polar surface area (TPSA) is 42.4 Å². The average Bonchev–Trinajstić information content (AvgIpc) is 2.46. The van der Waals surface area contributed by atoms with Gasteiger partial charge in [0.2, 0.25) is 5.91 Å². The van der Waals surface area contributed by atoms with Crippen molar-refractivity contribution in [1.29, 1.82) is 0 Å². The van der Waals surface area contributed by atoms with Crippen molar-refractivity contribution in [2.75, 3.05) is 26.8 Å². The van der Waals surface area contributed by atoms with Crippen molar-refractivity contribution in [2.45, 2.75) is 19.3 Å². The summed E-state index contributed by atoms with van der Waals surface area (Å²) in [5.41, 5.74) is 1.21. The van der Waals surface area contributed by atoms with E-state index in [1.54, 1.807) is 12.4 Å². The molecule has 4 nitrogen and oxygen atoms in total. The summed E-state index contributed by atoms with van der Waals surface area (Å²) in [6.45, 7) is 2.13. The van der Waals surface area contributed by atoms with E-state index in [1.165, 1.54) is 5.56 Å². The van der Waals surface area contributed by atoms with Crippen LogP contribution in [0.25, 0.3) is 0 Å². The van der Waals surface area contributed by atoms with Crippen LogP contribution in [0.4, 0.5) is 0 Å². The molecular formula is C14H20N2O2. The highest BCUT2D eigenvalue weighted by molar-refractivity contribution is 5.78. The largest absolute Gasteiger partial charge is 0.381 e. The van der Waals surface area contributed by atoms with Crippen molar-refractivity contribution < 1.29 is 9.53 Å². The minimum Gasteiger partial charge on any atom is -0.381 e. The van der Waals surface area contributed by atoms with E-state index < -0.39 is 0 Å². The normalized spacial score (nSPS) is 19.5. The Kier molecular flexibility index (Phi) is 4.70. The molecular weight excluding hydrogens is 228 g/mol. The number of pyridine rings is 1. The van der Waals surface area contributed by atoms with Crippen molar-refractivity contribution in [3.63, 3.8) is 0 Å². The molecule has 18 heavy (non-hydrogen) atoms. The number of carbonyl (C=O) groups excluding carboxylic acids is 1. The molecule has 4 heteroatoms. The van der Waals surface area contributed by atoms with Crippen LogP contribution in [0.3, 0.4) is 0 Å². The molecule has 1 aliphatic rings. The van der Waals surface area contributed by atoms with Crippen molar-refractivity contribution in [2.24, 2.45) is 5.92 Å². The van der Waals surface area contributed by atoms with E-state index in [0.717, 1.165) is 32.4 Å². The van der Waals surface area contributed by atoms with Gasteiger partial charge in [0.15, 0.2) is 0 Å². The van der Waals surface area contributed by atoms with Crippen molar-refractivity contribution in [3.8, 4) is 0 Å². The number of nitrogens with zero attached hydrogens (tertiary/aromatic N) is 2. The van der Waals surface area contributed by atoms with E-state index in [9.17, 15) is 4.79 Å². The maximum Gasteiger partial charge on any atom is 0.227 e. The molecule has 1 saturated heterocycles. The Labute approximate surface area is 108 Å². The third-order valence-electron chi connectivity index (χ3n) is 3.37. The van der Waals surface area contributed by atoms with Crippen molar-refractivity contribution in [1.82, 2.24) is 9.88 Å². The molecule has 1 fully saturated rings. The molecule has 1 aliphatic heterocycles. The fraction of sp³-hybridized carbons (Fsp3) is 0.571. The number of amides is 1. The summed E-state index contributed by atoms with van der Waals surface area (Å²) in [7, 11) is 1.87. The summed E-state index contributed by atoms with van der Waals surface area (Å²) in [5.74, 6) is 0.268. The highest BCUT2D eigenvalue weighted by atomic mass is 16.5. The summed E-state index contributed by atoms with van der Waals surface area (Å²) in [5, 5.41) is 0. The van der Waals surface area contributed by atoms with E-state index in [-0.39, 0.29) is 11.8 Å². The van der Waals surface area contributed by atoms with Crippen molar-refractivity contribution >= 4 is 5.91 Å². The van der Waals surface area contributed by atoms with Crippen LogP contribution in [0.5, 0.6) is 0 Å². The van der Waals surface area contributed by atoms with E-state index >= 15 is 0 Å². The molecule has 1 amide bonds. The molecule has 1 aromatic heterocycles. The van der Waals surface area contributed by atoms with E-state index in [0.29, 0.717) is 6.61 Å². The first-order valence-corrected chi connectivity index (χ1v) is 6.49. The maximum absolute atomic E-state index is 12.2. The average molecular weight is 248 g/mol. The number of aromatic nitrogens is 1. The molecule has 0 aromatic carbocycles. The zero-order valence-corrected chi connectivity index (χ0v) is 10.8. The first-order valence-electron chi connectivity index (χ1n) is 6.49. The monoisotopic (exact) mass is 248 g/mol. The van der Waals surface area contributed by atoms with Crippen LogP contribution in [0.15, 0.2) is 24.5 Å². The summed E-state index contributed by atoms with van der Waals surface area (Å²) in [6.07, 6.45) is 6.39. The molecule has 0 saturated carbocycles. The molecule has 2 rings (SSSR count). The molecule has 1 unspecified atom stereocenters. The Balaban J connectivity index is 1.80. The summed E-state index contributed by atoms with van der Waals surface area (Å²) in [6, 6.07) is 3.98. The van der Waals surface area contributed by atoms with Gasteiger partial charge in [0.05, 0.1) is 12.5 Å². The first-order chi connectivity index (χ1) is 8.77.